The van der Waals surface area contributed by atoms with Gasteiger partial charge in [-0.3, -0.25) is 9.20 Å². The molecule has 1 fully saturated rings. The molecular formula is C19H24N6O2. The zero-order chi connectivity index (χ0) is 18.6. The largest absolute Gasteiger partial charge is 0.349 e. The van der Waals surface area contributed by atoms with E-state index in [9.17, 15) is 4.79 Å². The molecular weight excluding hydrogens is 344 g/mol. The van der Waals surface area contributed by atoms with E-state index in [-0.39, 0.29) is 5.91 Å². The second-order valence-corrected chi connectivity index (χ2v) is 7.09. The molecule has 3 aromatic rings. The van der Waals surface area contributed by atoms with Gasteiger partial charge in [-0.25, -0.2) is 0 Å². The average molecular weight is 368 g/mol. The fourth-order valence-electron chi connectivity index (χ4n) is 3.66. The molecule has 1 amide bonds. The Kier molecular flexibility index (Phi) is 5.13. The van der Waals surface area contributed by atoms with E-state index in [1.165, 1.54) is 19.3 Å². The predicted octanol–water partition coefficient (Wildman–Crippen LogP) is 2.93. The molecule has 8 heteroatoms. The summed E-state index contributed by atoms with van der Waals surface area (Å²) in [5.41, 5.74) is 1.37. The van der Waals surface area contributed by atoms with Gasteiger partial charge in [-0.05, 0) is 30.9 Å². The van der Waals surface area contributed by atoms with Crippen LogP contribution in [0.3, 0.4) is 0 Å². The van der Waals surface area contributed by atoms with Crippen molar-refractivity contribution in [2.24, 2.45) is 5.92 Å². The second-order valence-electron chi connectivity index (χ2n) is 7.09. The molecule has 0 atom stereocenters. The van der Waals surface area contributed by atoms with Crippen molar-refractivity contribution in [3.05, 3.63) is 30.0 Å². The summed E-state index contributed by atoms with van der Waals surface area (Å²) >= 11 is 0. The number of fused-ring (bicyclic) bond motifs is 1. The third kappa shape index (κ3) is 3.84. The van der Waals surface area contributed by atoms with Gasteiger partial charge in [0, 0.05) is 19.0 Å². The van der Waals surface area contributed by atoms with Crippen molar-refractivity contribution in [3.8, 4) is 11.5 Å². The molecule has 1 aliphatic carbocycles. The fourth-order valence-corrected chi connectivity index (χ4v) is 3.66. The van der Waals surface area contributed by atoms with Crippen molar-refractivity contribution < 1.29 is 9.32 Å². The Balaban J connectivity index is 1.46. The molecule has 0 aromatic carbocycles. The molecule has 4 rings (SSSR count). The lowest BCUT2D eigenvalue weighted by Crippen LogP contribution is -2.26. The second kappa shape index (κ2) is 7.85. The van der Waals surface area contributed by atoms with E-state index in [4.69, 9.17) is 4.52 Å². The summed E-state index contributed by atoms with van der Waals surface area (Å²) in [5.74, 6) is 2.36. The Bertz CT molecular complexity index is 925. The van der Waals surface area contributed by atoms with Gasteiger partial charge in [-0.2, -0.15) is 4.98 Å². The number of rotatable bonds is 6. The van der Waals surface area contributed by atoms with Crippen molar-refractivity contribution in [2.45, 2.75) is 58.4 Å². The maximum atomic E-state index is 12.3. The van der Waals surface area contributed by atoms with Crippen LogP contribution in [0.25, 0.3) is 17.1 Å². The first-order valence-electron chi connectivity index (χ1n) is 9.67. The number of carbonyl (C=O) groups excluding carboxylic acids is 1. The maximum absolute atomic E-state index is 12.3. The molecule has 1 saturated carbocycles. The minimum absolute atomic E-state index is 0.0827. The number of aromatic nitrogens is 5. The number of aryl methyl sites for hydroxylation is 1. The van der Waals surface area contributed by atoms with E-state index in [1.807, 2.05) is 29.7 Å². The van der Waals surface area contributed by atoms with Crippen LogP contribution in [0.1, 0.15) is 57.1 Å². The topological polar surface area (TPSA) is 98.2 Å². The maximum Gasteiger partial charge on any atom is 0.261 e. The molecule has 27 heavy (non-hydrogen) atoms. The molecule has 0 radical (unpaired) electrons. The molecule has 1 aliphatic rings. The van der Waals surface area contributed by atoms with Gasteiger partial charge in [0.25, 0.3) is 5.89 Å². The van der Waals surface area contributed by atoms with Gasteiger partial charge in [-0.15, -0.1) is 10.2 Å². The highest BCUT2D eigenvalue weighted by Crippen LogP contribution is 2.26. The number of nitrogens with zero attached hydrogens (tertiary/aromatic N) is 5. The summed E-state index contributed by atoms with van der Waals surface area (Å²) in [4.78, 5) is 16.6. The third-order valence-electron chi connectivity index (χ3n) is 5.16. The van der Waals surface area contributed by atoms with E-state index in [2.05, 4.69) is 25.7 Å². The van der Waals surface area contributed by atoms with Crippen molar-refractivity contribution in [1.82, 2.24) is 30.1 Å². The molecule has 8 nitrogen and oxygen atoms in total. The van der Waals surface area contributed by atoms with Gasteiger partial charge < -0.3 is 9.84 Å². The van der Waals surface area contributed by atoms with Gasteiger partial charge in [0.2, 0.25) is 5.91 Å². The van der Waals surface area contributed by atoms with Gasteiger partial charge in [0.1, 0.15) is 0 Å². The zero-order valence-corrected chi connectivity index (χ0v) is 15.5. The zero-order valence-electron chi connectivity index (χ0n) is 15.5. The van der Waals surface area contributed by atoms with Gasteiger partial charge in [-0.1, -0.05) is 31.3 Å². The van der Waals surface area contributed by atoms with Crippen LogP contribution < -0.4 is 5.32 Å². The first kappa shape index (κ1) is 17.6. The van der Waals surface area contributed by atoms with Gasteiger partial charge in [0.15, 0.2) is 17.3 Å². The standard InChI is InChI=1S/C19H24N6O2/c1-2-15-21-19(27-24-15)14-9-6-10-25-16(22-23-18(14)25)12-20-17(26)11-13-7-4-3-5-8-13/h6,9-10,13H,2-5,7-8,11-12H2,1H3,(H,20,26). The first-order valence-corrected chi connectivity index (χ1v) is 9.67. The van der Waals surface area contributed by atoms with E-state index in [1.54, 1.807) is 0 Å². The molecule has 0 aliphatic heterocycles. The van der Waals surface area contributed by atoms with E-state index in [0.717, 1.165) is 18.4 Å². The number of hydrogen-bond acceptors (Lipinski definition) is 6. The molecule has 3 heterocycles. The molecule has 0 saturated heterocycles. The summed E-state index contributed by atoms with van der Waals surface area (Å²) in [7, 11) is 0. The average Bonchev–Trinajstić information content (AvgIpc) is 3.34. The third-order valence-corrected chi connectivity index (χ3v) is 5.16. The Morgan fingerprint density at radius 2 is 2.15 bits per heavy atom. The van der Waals surface area contributed by atoms with Crippen LogP contribution in [0, 0.1) is 5.92 Å². The summed E-state index contributed by atoms with van der Waals surface area (Å²) in [6.07, 6.45) is 9.28. The molecule has 0 unspecified atom stereocenters. The lowest BCUT2D eigenvalue weighted by molar-refractivity contribution is -0.122. The number of carbonyl (C=O) groups is 1. The molecule has 0 spiro atoms. The van der Waals surface area contributed by atoms with Crippen molar-refractivity contribution in [2.75, 3.05) is 0 Å². The normalized spacial score (nSPS) is 15.3. The fraction of sp³-hybridized carbons (Fsp3) is 0.526. The SMILES string of the molecule is CCc1noc(-c2cccn3c(CNC(=O)CC4CCCCC4)nnc23)n1. The Hall–Kier alpha value is -2.77. The summed E-state index contributed by atoms with van der Waals surface area (Å²) in [6.45, 7) is 2.32. The van der Waals surface area contributed by atoms with Crippen LogP contribution in [0.4, 0.5) is 0 Å². The van der Waals surface area contributed by atoms with Crippen LogP contribution in [0.5, 0.6) is 0 Å². The molecule has 142 valence electrons. The highest BCUT2D eigenvalue weighted by Gasteiger charge is 2.18. The number of pyridine rings is 1. The number of hydrogen-bond donors (Lipinski definition) is 1. The minimum Gasteiger partial charge on any atom is -0.349 e. The highest BCUT2D eigenvalue weighted by atomic mass is 16.5. The van der Waals surface area contributed by atoms with Gasteiger partial charge in [0.05, 0.1) is 12.1 Å². The Morgan fingerprint density at radius 1 is 1.30 bits per heavy atom. The van der Waals surface area contributed by atoms with Crippen molar-refractivity contribution in [3.63, 3.8) is 0 Å². The lowest BCUT2D eigenvalue weighted by Gasteiger charge is -2.20. The van der Waals surface area contributed by atoms with E-state index in [0.29, 0.717) is 48.5 Å². The highest BCUT2D eigenvalue weighted by molar-refractivity contribution is 5.76. The number of amides is 1. The van der Waals surface area contributed by atoms with Crippen molar-refractivity contribution in [1.29, 1.82) is 0 Å². The van der Waals surface area contributed by atoms with E-state index >= 15 is 0 Å². The monoisotopic (exact) mass is 368 g/mol. The molecule has 3 aromatic heterocycles. The Labute approximate surface area is 157 Å². The van der Waals surface area contributed by atoms with Crippen LogP contribution in [-0.2, 0) is 17.8 Å². The van der Waals surface area contributed by atoms with Gasteiger partial charge >= 0.3 is 0 Å². The summed E-state index contributed by atoms with van der Waals surface area (Å²) < 4.78 is 7.18. The Morgan fingerprint density at radius 3 is 2.93 bits per heavy atom. The quantitative estimate of drug-likeness (QED) is 0.718. The smallest absolute Gasteiger partial charge is 0.261 e. The van der Waals surface area contributed by atoms with Crippen molar-refractivity contribution >= 4 is 11.6 Å². The summed E-state index contributed by atoms with van der Waals surface area (Å²) in [6, 6.07) is 3.76. The lowest BCUT2D eigenvalue weighted by atomic mass is 9.87. The van der Waals surface area contributed by atoms with E-state index < -0.39 is 0 Å². The molecule has 0 bridgehead atoms. The molecule has 1 N–H and O–H groups in total. The van der Waals surface area contributed by atoms with Crippen LogP contribution in [-0.4, -0.2) is 30.6 Å². The first-order chi connectivity index (χ1) is 13.2. The number of nitrogens with one attached hydrogen (secondary N) is 1. The van der Waals surface area contributed by atoms with Crippen LogP contribution in [0.2, 0.25) is 0 Å². The van der Waals surface area contributed by atoms with Crippen LogP contribution >= 0.6 is 0 Å². The van der Waals surface area contributed by atoms with Crippen LogP contribution in [0.15, 0.2) is 22.9 Å². The minimum atomic E-state index is 0.0827. The summed E-state index contributed by atoms with van der Waals surface area (Å²) in [5, 5.41) is 15.4. The predicted molar refractivity (Wildman–Crippen MR) is 98.7 cm³/mol.